The minimum absolute atomic E-state index is 0.365. The number of carbonyl (C=O) groups is 1. The second-order valence-corrected chi connectivity index (χ2v) is 5.21. The maximum atomic E-state index is 11.6. The Morgan fingerprint density at radius 3 is 2.74 bits per heavy atom. The van der Waals surface area contributed by atoms with E-state index in [1.54, 1.807) is 12.3 Å². The third kappa shape index (κ3) is 3.16. The molecule has 5 heteroatoms. The number of nitrogens with one attached hydrogen (secondary N) is 1. The van der Waals surface area contributed by atoms with Crippen LogP contribution in [0.4, 0.5) is 11.5 Å². The summed E-state index contributed by atoms with van der Waals surface area (Å²) in [5.74, 6) is 0.951. The summed E-state index contributed by atoms with van der Waals surface area (Å²) in [4.78, 5) is 15.8. The lowest BCUT2D eigenvalue weighted by atomic mass is 9.87. The first kappa shape index (κ1) is 13.6. The van der Waals surface area contributed by atoms with Gasteiger partial charge in [-0.15, -0.1) is 0 Å². The van der Waals surface area contributed by atoms with Gasteiger partial charge >= 0.3 is 5.97 Å². The molecule has 3 N–H and O–H groups in total. The van der Waals surface area contributed by atoms with Crippen molar-refractivity contribution >= 4 is 17.5 Å². The Kier molecular flexibility index (Phi) is 4.24. The number of nitrogen functional groups attached to an aromatic ring is 1. The van der Waals surface area contributed by atoms with E-state index in [4.69, 9.17) is 10.5 Å². The van der Waals surface area contributed by atoms with Gasteiger partial charge in [-0.05, 0) is 37.7 Å². The van der Waals surface area contributed by atoms with E-state index in [0.29, 0.717) is 23.1 Å². The van der Waals surface area contributed by atoms with Gasteiger partial charge < -0.3 is 15.8 Å². The number of nitrogens with two attached hydrogens (primary N) is 1. The average Bonchev–Trinajstić information content (AvgIpc) is 2.43. The molecule has 1 aromatic rings. The topological polar surface area (TPSA) is 77.2 Å². The van der Waals surface area contributed by atoms with Gasteiger partial charge in [-0.2, -0.15) is 0 Å². The molecule has 1 fully saturated rings. The number of rotatable bonds is 3. The van der Waals surface area contributed by atoms with Crippen LogP contribution in [0.3, 0.4) is 0 Å². The fraction of sp³-hybridized carbons (Fsp3) is 0.571. The van der Waals surface area contributed by atoms with E-state index in [1.165, 1.54) is 20.0 Å². The first-order valence-corrected chi connectivity index (χ1v) is 6.71. The average molecular weight is 263 g/mol. The molecule has 5 nitrogen and oxygen atoms in total. The molecule has 0 aromatic carbocycles. The van der Waals surface area contributed by atoms with E-state index in [9.17, 15) is 4.79 Å². The molecule has 1 aromatic heterocycles. The highest BCUT2D eigenvalue weighted by Crippen LogP contribution is 2.28. The molecule has 2 rings (SSSR count). The van der Waals surface area contributed by atoms with Crippen LogP contribution in [0, 0.1) is 5.92 Å². The lowest BCUT2D eigenvalue weighted by molar-refractivity contribution is 0.0602. The van der Waals surface area contributed by atoms with E-state index in [-0.39, 0.29) is 0 Å². The van der Waals surface area contributed by atoms with Crippen molar-refractivity contribution in [3.05, 3.63) is 17.8 Å². The number of pyridine rings is 1. The van der Waals surface area contributed by atoms with Gasteiger partial charge in [0, 0.05) is 12.2 Å². The van der Waals surface area contributed by atoms with Gasteiger partial charge in [-0.3, -0.25) is 0 Å². The van der Waals surface area contributed by atoms with Crippen molar-refractivity contribution in [3.8, 4) is 0 Å². The van der Waals surface area contributed by atoms with Gasteiger partial charge in [-0.25, -0.2) is 9.78 Å². The molecule has 0 bridgehead atoms. The SMILES string of the molecule is COC(=O)c1ccnc(NC2CCC(C)CC2)c1N. The number of nitrogens with zero attached hydrogens (tertiary/aromatic N) is 1. The minimum atomic E-state index is -0.430. The summed E-state index contributed by atoms with van der Waals surface area (Å²) in [6.45, 7) is 2.28. The Labute approximate surface area is 113 Å². The van der Waals surface area contributed by atoms with Gasteiger partial charge in [0.15, 0.2) is 0 Å². The van der Waals surface area contributed by atoms with Crippen LogP contribution in [-0.4, -0.2) is 24.1 Å². The first-order chi connectivity index (χ1) is 9.11. The third-order valence-corrected chi connectivity index (χ3v) is 3.75. The van der Waals surface area contributed by atoms with Crippen LogP contribution >= 0.6 is 0 Å². The summed E-state index contributed by atoms with van der Waals surface area (Å²) in [5, 5.41) is 3.35. The van der Waals surface area contributed by atoms with Crippen molar-refractivity contribution in [2.75, 3.05) is 18.2 Å². The monoisotopic (exact) mass is 263 g/mol. The molecule has 19 heavy (non-hydrogen) atoms. The Morgan fingerprint density at radius 1 is 1.42 bits per heavy atom. The van der Waals surface area contributed by atoms with Crippen LogP contribution in [-0.2, 0) is 4.74 Å². The van der Waals surface area contributed by atoms with Gasteiger partial charge in [-0.1, -0.05) is 6.92 Å². The molecular formula is C14H21N3O2. The minimum Gasteiger partial charge on any atom is -0.465 e. The number of carbonyl (C=O) groups excluding carboxylic acids is 1. The zero-order valence-corrected chi connectivity index (χ0v) is 11.5. The predicted octanol–water partition coefficient (Wildman–Crippen LogP) is 2.44. The number of ether oxygens (including phenoxy) is 1. The van der Waals surface area contributed by atoms with E-state index >= 15 is 0 Å². The summed E-state index contributed by atoms with van der Waals surface area (Å²) >= 11 is 0. The van der Waals surface area contributed by atoms with E-state index in [1.807, 2.05) is 0 Å². The highest BCUT2D eigenvalue weighted by molar-refractivity contribution is 5.97. The molecule has 1 saturated carbocycles. The lowest BCUT2D eigenvalue weighted by Crippen LogP contribution is -2.26. The molecule has 1 aliphatic carbocycles. The number of anilines is 2. The van der Waals surface area contributed by atoms with Crippen molar-refractivity contribution in [3.63, 3.8) is 0 Å². The Bertz CT molecular complexity index is 454. The summed E-state index contributed by atoms with van der Waals surface area (Å²) in [5.41, 5.74) is 6.71. The van der Waals surface area contributed by atoms with Gasteiger partial charge in [0.05, 0.1) is 18.4 Å². The van der Waals surface area contributed by atoms with Gasteiger partial charge in [0.25, 0.3) is 0 Å². The second-order valence-electron chi connectivity index (χ2n) is 5.21. The Balaban J connectivity index is 2.10. The fourth-order valence-electron chi connectivity index (χ4n) is 2.47. The first-order valence-electron chi connectivity index (χ1n) is 6.71. The quantitative estimate of drug-likeness (QED) is 0.819. The fourth-order valence-corrected chi connectivity index (χ4v) is 2.47. The summed E-state index contributed by atoms with van der Waals surface area (Å²) in [7, 11) is 1.35. The van der Waals surface area contributed by atoms with Crippen LogP contribution in [0.2, 0.25) is 0 Å². The van der Waals surface area contributed by atoms with Crippen LogP contribution in [0.5, 0.6) is 0 Å². The predicted molar refractivity (Wildman–Crippen MR) is 75.0 cm³/mol. The number of esters is 1. The van der Waals surface area contributed by atoms with Crippen molar-refractivity contribution in [1.29, 1.82) is 0 Å². The van der Waals surface area contributed by atoms with Crippen LogP contribution in [0.15, 0.2) is 12.3 Å². The summed E-state index contributed by atoms with van der Waals surface area (Å²) < 4.78 is 4.70. The van der Waals surface area contributed by atoms with Crippen molar-refractivity contribution in [1.82, 2.24) is 4.98 Å². The molecule has 104 valence electrons. The van der Waals surface area contributed by atoms with Crippen molar-refractivity contribution in [2.24, 2.45) is 5.92 Å². The molecule has 0 saturated heterocycles. The molecule has 1 heterocycles. The number of hydrogen-bond donors (Lipinski definition) is 2. The van der Waals surface area contributed by atoms with E-state index in [2.05, 4.69) is 17.2 Å². The van der Waals surface area contributed by atoms with Crippen molar-refractivity contribution in [2.45, 2.75) is 38.6 Å². The van der Waals surface area contributed by atoms with Crippen LogP contribution < -0.4 is 11.1 Å². The summed E-state index contributed by atoms with van der Waals surface area (Å²) in [6.07, 6.45) is 6.24. The summed E-state index contributed by atoms with van der Waals surface area (Å²) in [6, 6.07) is 1.97. The number of methoxy groups -OCH3 is 1. The number of hydrogen-bond acceptors (Lipinski definition) is 5. The lowest BCUT2D eigenvalue weighted by Gasteiger charge is -2.27. The molecule has 0 radical (unpaired) electrons. The van der Waals surface area contributed by atoms with Crippen LogP contribution in [0.25, 0.3) is 0 Å². The smallest absolute Gasteiger partial charge is 0.340 e. The highest BCUT2D eigenvalue weighted by Gasteiger charge is 2.20. The van der Waals surface area contributed by atoms with E-state index < -0.39 is 5.97 Å². The second kappa shape index (κ2) is 5.91. The van der Waals surface area contributed by atoms with Crippen molar-refractivity contribution < 1.29 is 9.53 Å². The maximum Gasteiger partial charge on any atom is 0.340 e. The normalized spacial score (nSPS) is 22.8. The Hall–Kier alpha value is -1.78. The van der Waals surface area contributed by atoms with Gasteiger partial charge in [0.2, 0.25) is 0 Å². The molecule has 1 aliphatic rings. The molecular weight excluding hydrogens is 242 g/mol. The van der Waals surface area contributed by atoms with E-state index in [0.717, 1.165) is 18.8 Å². The molecule has 0 aliphatic heterocycles. The zero-order chi connectivity index (χ0) is 13.8. The Morgan fingerprint density at radius 2 is 2.11 bits per heavy atom. The molecule has 0 unspecified atom stereocenters. The zero-order valence-electron chi connectivity index (χ0n) is 11.5. The van der Waals surface area contributed by atoms with Gasteiger partial charge in [0.1, 0.15) is 5.82 Å². The standard InChI is InChI=1S/C14H21N3O2/c1-9-3-5-10(6-4-9)17-13-12(15)11(7-8-16-13)14(18)19-2/h7-10H,3-6,15H2,1-2H3,(H,16,17). The third-order valence-electron chi connectivity index (χ3n) is 3.75. The molecule has 0 spiro atoms. The molecule has 0 amide bonds. The maximum absolute atomic E-state index is 11.6. The number of aromatic nitrogens is 1. The van der Waals surface area contributed by atoms with Crippen LogP contribution in [0.1, 0.15) is 43.0 Å². The highest BCUT2D eigenvalue weighted by atomic mass is 16.5. The molecule has 0 atom stereocenters. The largest absolute Gasteiger partial charge is 0.465 e.